The number of hydrogen-bond donors (Lipinski definition) is 2. The highest BCUT2D eigenvalue weighted by atomic mass is 19.1. The highest BCUT2D eigenvalue weighted by Crippen LogP contribution is 2.43. The van der Waals surface area contributed by atoms with Crippen LogP contribution in [0.2, 0.25) is 0 Å². The van der Waals surface area contributed by atoms with Crippen molar-refractivity contribution < 1.29 is 23.8 Å². The Morgan fingerprint density at radius 2 is 2.00 bits per heavy atom. The van der Waals surface area contributed by atoms with E-state index in [0.29, 0.717) is 24.5 Å². The first-order chi connectivity index (χ1) is 17.4. The van der Waals surface area contributed by atoms with Gasteiger partial charge in [-0.3, -0.25) is 9.36 Å². The molecule has 6 rings (SSSR count). The third kappa shape index (κ3) is 3.73. The van der Waals surface area contributed by atoms with Crippen molar-refractivity contribution in [3.63, 3.8) is 0 Å². The standard InChI is InChI=1S/C28H26FN3O4/c1-15(2)28-31-21-9-6-17(29)11-24(21)32(28)23-5-3-4-20-22(14-36-27(20)23)30-18-7-8-19-16(10-26(33)34)13-35-25(19)12-18/h3-9,11-12,15-16,22,30H,10,13-14H2,1-2H3,(H,33,34)/t16-,22-/m1/s1. The van der Waals surface area contributed by atoms with E-state index in [1.54, 1.807) is 6.07 Å². The van der Waals surface area contributed by atoms with Gasteiger partial charge in [-0.2, -0.15) is 0 Å². The minimum Gasteiger partial charge on any atom is -0.493 e. The zero-order valence-electron chi connectivity index (χ0n) is 20.0. The molecule has 0 saturated carbocycles. The van der Waals surface area contributed by atoms with E-state index in [9.17, 15) is 9.18 Å². The summed E-state index contributed by atoms with van der Waals surface area (Å²) in [4.78, 5) is 15.9. The lowest BCUT2D eigenvalue weighted by Crippen LogP contribution is -2.11. The first-order valence-electron chi connectivity index (χ1n) is 12.1. The van der Waals surface area contributed by atoms with E-state index < -0.39 is 5.97 Å². The summed E-state index contributed by atoms with van der Waals surface area (Å²) < 4.78 is 28.1. The number of anilines is 1. The Balaban J connectivity index is 1.34. The highest BCUT2D eigenvalue weighted by molar-refractivity contribution is 5.80. The summed E-state index contributed by atoms with van der Waals surface area (Å²) in [7, 11) is 0. The van der Waals surface area contributed by atoms with Crippen LogP contribution in [0.15, 0.2) is 54.6 Å². The monoisotopic (exact) mass is 487 g/mol. The Bertz CT molecular complexity index is 1500. The van der Waals surface area contributed by atoms with Gasteiger partial charge in [-0.15, -0.1) is 0 Å². The molecule has 2 aliphatic rings. The Kier molecular flexibility index (Phi) is 5.32. The molecule has 2 atom stereocenters. The van der Waals surface area contributed by atoms with Crippen molar-refractivity contribution in [3.05, 3.63) is 77.4 Å². The summed E-state index contributed by atoms with van der Waals surface area (Å²) in [5, 5.41) is 12.7. The van der Waals surface area contributed by atoms with Crippen molar-refractivity contribution in [1.29, 1.82) is 0 Å². The molecule has 0 bridgehead atoms. The maximum Gasteiger partial charge on any atom is 0.304 e. The molecule has 184 valence electrons. The molecule has 1 aromatic heterocycles. The van der Waals surface area contributed by atoms with Crippen molar-refractivity contribution in [2.75, 3.05) is 18.5 Å². The fourth-order valence-electron chi connectivity index (χ4n) is 5.18. The second-order valence-electron chi connectivity index (χ2n) is 9.65. The van der Waals surface area contributed by atoms with Crippen LogP contribution < -0.4 is 14.8 Å². The van der Waals surface area contributed by atoms with Gasteiger partial charge in [0, 0.05) is 40.8 Å². The van der Waals surface area contributed by atoms with Crippen molar-refractivity contribution >= 4 is 22.7 Å². The largest absolute Gasteiger partial charge is 0.493 e. The van der Waals surface area contributed by atoms with Gasteiger partial charge in [0.05, 0.1) is 35.8 Å². The summed E-state index contributed by atoms with van der Waals surface area (Å²) in [6.45, 7) is 4.95. The Morgan fingerprint density at radius 3 is 2.81 bits per heavy atom. The summed E-state index contributed by atoms with van der Waals surface area (Å²) in [5.41, 5.74) is 5.08. The number of hydrogen-bond acceptors (Lipinski definition) is 5. The van der Waals surface area contributed by atoms with Crippen molar-refractivity contribution in [3.8, 4) is 17.2 Å². The van der Waals surface area contributed by atoms with Gasteiger partial charge in [0.2, 0.25) is 0 Å². The zero-order valence-corrected chi connectivity index (χ0v) is 20.0. The molecule has 0 saturated heterocycles. The Labute approximate surface area is 207 Å². The molecular weight excluding hydrogens is 461 g/mol. The quantitative estimate of drug-likeness (QED) is 0.358. The first-order valence-corrected chi connectivity index (χ1v) is 12.1. The average Bonchev–Trinajstić information content (AvgIpc) is 3.54. The van der Waals surface area contributed by atoms with Crippen molar-refractivity contribution in [2.45, 2.75) is 38.1 Å². The molecule has 8 heteroatoms. The van der Waals surface area contributed by atoms with Crippen LogP contribution in [0.3, 0.4) is 0 Å². The minimum absolute atomic E-state index is 0.0532. The highest BCUT2D eigenvalue weighted by Gasteiger charge is 2.30. The molecule has 3 aromatic carbocycles. The average molecular weight is 488 g/mol. The van der Waals surface area contributed by atoms with E-state index >= 15 is 0 Å². The number of imidazole rings is 1. The Morgan fingerprint density at radius 1 is 1.14 bits per heavy atom. The number of aliphatic carboxylic acids is 1. The minimum atomic E-state index is -0.830. The summed E-state index contributed by atoms with van der Waals surface area (Å²) in [6, 6.07) is 16.4. The number of carboxylic acid groups (broad SMARTS) is 1. The molecule has 0 amide bonds. The number of benzene rings is 3. The number of aromatic nitrogens is 2. The first kappa shape index (κ1) is 22.4. The summed E-state index contributed by atoms with van der Waals surface area (Å²) in [5.74, 6) is 1.17. The number of carboxylic acids is 1. The lowest BCUT2D eigenvalue weighted by Gasteiger charge is -2.16. The Hall–Kier alpha value is -4.07. The van der Waals surface area contributed by atoms with E-state index in [1.807, 2.05) is 41.0 Å². The second kappa shape index (κ2) is 8.55. The van der Waals surface area contributed by atoms with Gasteiger partial charge < -0.3 is 19.9 Å². The fourth-order valence-corrected chi connectivity index (χ4v) is 5.18. The number of para-hydroxylation sites is 1. The van der Waals surface area contributed by atoms with Crippen LogP contribution in [-0.2, 0) is 4.79 Å². The molecular formula is C28H26FN3O4. The van der Waals surface area contributed by atoms with Crippen LogP contribution in [0.5, 0.6) is 11.5 Å². The van der Waals surface area contributed by atoms with Gasteiger partial charge in [-0.25, -0.2) is 9.37 Å². The van der Waals surface area contributed by atoms with Crippen LogP contribution in [-0.4, -0.2) is 33.8 Å². The molecule has 4 aromatic rings. The second-order valence-corrected chi connectivity index (χ2v) is 9.65. The molecule has 7 nitrogen and oxygen atoms in total. The number of ether oxygens (including phenoxy) is 2. The predicted molar refractivity (Wildman–Crippen MR) is 134 cm³/mol. The normalized spacial score (nSPS) is 18.1. The van der Waals surface area contributed by atoms with Crippen LogP contribution >= 0.6 is 0 Å². The maximum absolute atomic E-state index is 14.2. The van der Waals surface area contributed by atoms with E-state index in [0.717, 1.165) is 39.6 Å². The summed E-state index contributed by atoms with van der Waals surface area (Å²) in [6.07, 6.45) is 0.0532. The molecule has 2 N–H and O–H groups in total. The molecule has 3 heterocycles. The number of nitrogens with zero attached hydrogens (tertiary/aromatic N) is 2. The molecule has 2 aliphatic heterocycles. The number of halogens is 1. The van der Waals surface area contributed by atoms with Crippen LogP contribution in [0.4, 0.5) is 10.1 Å². The van der Waals surface area contributed by atoms with Crippen LogP contribution in [0, 0.1) is 5.82 Å². The van der Waals surface area contributed by atoms with E-state index in [1.165, 1.54) is 12.1 Å². The van der Waals surface area contributed by atoms with Gasteiger partial charge >= 0.3 is 5.97 Å². The lowest BCUT2D eigenvalue weighted by molar-refractivity contribution is -0.137. The van der Waals surface area contributed by atoms with Crippen LogP contribution in [0.25, 0.3) is 16.7 Å². The SMILES string of the molecule is CC(C)c1nc2ccc(F)cc2n1-c1cccc2c1OC[C@H]2Nc1ccc2c(c1)OC[C@H]2CC(=O)O. The van der Waals surface area contributed by atoms with Crippen molar-refractivity contribution in [1.82, 2.24) is 9.55 Å². The zero-order chi connectivity index (χ0) is 25.0. The maximum atomic E-state index is 14.2. The number of nitrogens with one attached hydrogen (secondary N) is 1. The third-order valence-electron chi connectivity index (χ3n) is 6.85. The molecule has 36 heavy (non-hydrogen) atoms. The molecule has 0 spiro atoms. The molecule has 0 radical (unpaired) electrons. The summed E-state index contributed by atoms with van der Waals surface area (Å²) >= 11 is 0. The van der Waals surface area contributed by atoms with E-state index in [-0.39, 0.29) is 30.1 Å². The number of carbonyl (C=O) groups is 1. The van der Waals surface area contributed by atoms with Gasteiger partial charge in [0.15, 0.2) is 0 Å². The van der Waals surface area contributed by atoms with Gasteiger partial charge in [-0.1, -0.05) is 32.0 Å². The van der Waals surface area contributed by atoms with Crippen molar-refractivity contribution in [2.24, 2.45) is 0 Å². The van der Waals surface area contributed by atoms with Gasteiger partial charge in [-0.05, 0) is 24.3 Å². The van der Waals surface area contributed by atoms with Gasteiger partial charge in [0.1, 0.15) is 29.7 Å². The topological polar surface area (TPSA) is 85.6 Å². The molecule has 0 fully saturated rings. The van der Waals surface area contributed by atoms with E-state index in [4.69, 9.17) is 19.6 Å². The van der Waals surface area contributed by atoms with Gasteiger partial charge in [0.25, 0.3) is 0 Å². The van der Waals surface area contributed by atoms with E-state index in [2.05, 4.69) is 19.2 Å². The smallest absolute Gasteiger partial charge is 0.304 e. The molecule has 0 aliphatic carbocycles. The third-order valence-corrected chi connectivity index (χ3v) is 6.85. The molecule has 0 unspecified atom stereocenters. The van der Waals surface area contributed by atoms with Crippen LogP contribution in [0.1, 0.15) is 55.1 Å². The fraction of sp³-hybridized carbons (Fsp3) is 0.286. The number of fused-ring (bicyclic) bond motifs is 3. The number of rotatable bonds is 6. The predicted octanol–water partition coefficient (Wildman–Crippen LogP) is 5.78. The lowest BCUT2D eigenvalue weighted by atomic mass is 9.97.